The van der Waals surface area contributed by atoms with Gasteiger partial charge in [0.15, 0.2) is 0 Å². The Balaban J connectivity index is -0.000000182. The lowest BCUT2D eigenvalue weighted by molar-refractivity contribution is -0.00191. The summed E-state index contributed by atoms with van der Waals surface area (Å²) in [6, 6.07) is 0. The fourth-order valence-corrected chi connectivity index (χ4v) is 10.4. The largest absolute Gasteiger partial charge is 0.381 e. The van der Waals surface area contributed by atoms with Gasteiger partial charge in [0, 0.05) is 19.8 Å². The van der Waals surface area contributed by atoms with E-state index in [1.165, 1.54) is 149 Å². The van der Waals surface area contributed by atoms with E-state index in [-0.39, 0.29) is 0 Å². The summed E-state index contributed by atoms with van der Waals surface area (Å²) < 4.78 is 10.7. The molecular formula is C69H155N5O2. The Hall–Kier alpha value is -0.280. The minimum atomic E-state index is 0.565. The lowest BCUT2D eigenvalue weighted by atomic mass is 9.55. The van der Waals surface area contributed by atoms with Crippen LogP contribution >= 0.6 is 0 Å². The van der Waals surface area contributed by atoms with Crippen LogP contribution in [0.15, 0.2) is 0 Å². The fourth-order valence-electron chi connectivity index (χ4n) is 10.4. The van der Waals surface area contributed by atoms with Gasteiger partial charge in [0.05, 0.1) is 6.10 Å². The van der Waals surface area contributed by atoms with E-state index in [9.17, 15) is 0 Å². The Morgan fingerprint density at radius 1 is 0.303 bits per heavy atom. The van der Waals surface area contributed by atoms with Crippen LogP contribution in [0.5, 0.6) is 0 Å². The Morgan fingerprint density at radius 2 is 0.658 bits per heavy atom. The molecule has 3 atom stereocenters. The van der Waals surface area contributed by atoms with Crippen LogP contribution in [0.4, 0.5) is 0 Å². The first-order chi connectivity index (χ1) is 36.5. The van der Waals surface area contributed by atoms with Crippen molar-refractivity contribution in [3.63, 3.8) is 0 Å². The van der Waals surface area contributed by atoms with Gasteiger partial charge >= 0.3 is 0 Å². The molecule has 7 heterocycles. The Kier molecular flexibility index (Phi) is 71.3. The fraction of sp³-hybridized carbons (Fsp3) is 1.00. The Labute approximate surface area is 485 Å². The van der Waals surface area contributed by atoms with Crippen molar-refractivity contribution in [2.24, 2.45) is 82.3 Å². The summed E-state index contributed by atoms with van der Waals surface area (Å²) in [7, 11) is 0. The molecule has 0 aromatic carbocycles. The van der Waals surface area contributed by atoms with Crippen LogP contribution in [0.1, 0.15) is 277 Å². The second-order valence-corrected chi connectivity index (χ2v) is 23.5. The highest BCUT2D eigenvalue weighted by atomic mass is 16.5. The molecule has 1 aliphatic carbocycles. The maximum absolute atomic E-state index is 5.41. The van der Waals surface area contributed by atoms with E-state index in [4.69, 9.17) is 9.47 Å². The SMILES string of the molecule is CC.CC.CC.CC.CC.CC.CC.CC(C)C1CC2(CCNCC2)C1.CC(C)C1CCCNC1.CC(C)C1CCCO1.CC(C)C1CCNC1.CC(C)C1CCNCC1.CC(C)C1CCOCC1.CC(C)C1CNC1. The van der Waals surface area contributed by atoms with Crippen molar-refractivity contribution in [2.45, 2.75) is 283 Å². The normalized spacial score (nSPS) is 22.4. The quantitative estimate of drug-likeness (QED) is 0.174. The van der Waals surface area contributed by atoms with Gasteiger partial charge in [-0.05, 0) is 231 Å². The van der Waals surface area contributed by atoms with Crippen LogP contribution in [0.2, 0.25) is 0 Å². The smallest absolute Gasteiger partial charge is 0.0598 e. The molecule has 0 radical (unpaired) electrons. The molecule has 0 aromatic rings. The Morgan fingerprint density at radius 3 is 0.908 bits per heavy atom. The average molecular weight is 1090 g/mol. The van der Waals surface area contributed by atoms with Crippen molar-refractivity contribution in [3.05, 3.63) is 0 Å². The van der Waals surface area contributed by atoms with Crippen LogP contribution in [0.3, 0.4) is 0 Å². The molecule has 8 rings (SSSR count). The first-order valence-electron chi connectivity index (χ1n) is 34.3. The van der Waals surface area contributed by atoms with Gasteiger partial charge in [-0.15, -0.1) is 0 Å². The van der Waals surface area contributed by atoms with Gasteiger partial charge in [0.2, 0.25) is 0 Å². The number of rotatable bonds is 7. The van der Waals surface area contributed by atoms with Gasteiger partial charge in [-0.2, -0.15) is 0 Å². The van der Waals surface area contributed by atoms with E-state index in [2.05, 4.69) is 124 Å². The first kappa shape index (κ1) is 87.0. The van der Waals surface area contributed by atoms with Crippen LogP contribution in [0, 0.1) is 82.3 Å². The predicted molar refractivity (Wildman–Crippen MR) is 352 cm³/mol. The van der Waals surface area contributed by atoms with E-state index in [1.54, 1.807) is 0 Å². The number of hydrogen-bond donors (Lipinski definition) is 5. The summed E-state index contributed by atoms with van der Waals surface area (Å²) in [5.74, 6) is 11.9. The highest BCUT2D eigenvalue weighted by molar-refractivity contribution is 4.97. The van der Waals surface area contributed by atoms with Crippen molar-refractivity contribution in [1.29, 1.82) is 0 Å². The summed E-state index contributed by atoms with van der Waals surface area (Å²) in [5.41, 5.74) is 0.792. The second kappa shape index (κ2) is 62.3. The van der Waals surface area contributed by atoms with E-state index >= 15 is 0 Å². The third-order valence-electron chi connectivity index (χ3n) is 16.3. The van der Waals surface area contributed by atoms with Crippen molar-refractivity contribution < 1.29 is 9.47 Å². The molecule has 1 saturated carbocycles. The van der Waals surface area contributed by atoms with E-state index in [0.29, 0.717) is 6.10 Å². The van der Waals surface area contributed by atoms with Gasteiger partial charge in [0.25, 0.3) is 0 Å². The zero-order chi connectivity index (χ0) is 59.9. The molecule has 7 aliphatic heterocycles. The highest BCUT2D eigenvalue weighted by Gasteiger charge is 2.45. The van der Waals surface area contributed by atoms with Gasteiger partial charge in [-0.3, -0.25) is 0 Å². The minimum absolute atomic E-state index is 0.565. The monoisotopic (exact) mass is 1090 g/mol. The lowest BCUT2D eigenvalue weighted by Crippen LogP contribution is -2.46. The van der Waals surface area contributed by atoms with E-state index < -0.39 is 0 Å². The Bertz CT molecular complexity index is 930. The van der Waals surface area contributed by atoms with Crippen LogP contribution in [-0.2, 0) is 9.47 Å². The zero-order valence-corrected chi connectivity index (χ0v) is 58.3. The molecule has 0 bridgehead atoms. The first-order valence-corrected chi connectivity index (χ1v) is 34.3. The topological polar surface area (TPSA) is 78.6 Å². The molecule has 0 aromatic heterocycles. The summed E-state index contributed by atoms with van der Waals surface area (Å²) in [4.78, 5) is 0. The molecule has 1 spiro atoms. The van der Waals surface area contributed by atoms with Crippen LogP contribution < -0.4 is 26.6 Å². The average Bonchev–Trinajstić information content (AvgIpc) is 4.21. The molecule has 468 valence electrons. The molecule has 5 N–H and O–H groups in total. The van der Waals surface area contributed by atoms with E-state index in [0.717, 1.165) is 102 Å². The molecular weight excluding hydrogens is 931 g/mol. The molecule has 8 fully saturated rings. The molecule has 76 heavy (non-hydrogen) atoms. The highest BCUT2D eigenvalue weighted by Crippen LogP contribution is 2.53. The zero-order valence-electron chi connectivity index (χ0n) is 58.3. The van der Waals surface area contributed by atoms with Gasteiger partial charge in [-0.1, -0.05) is 194 Å². The molecule has 0 amide bonds. The third kappa shape index (κ3) is 46.3. The minimum Gasteiger partial charge on any atom is -0.381 e. The maximum atomic E-state index is 5.41. The molecule has 8 aliphatic rings. The van der Waals surface area contributed by atoms with E-state index in [1.807, 2.05) is 96.9 Å². The standard InChI is InChI=1S/C11H21N.2C8H17N.C8H16O.C7H15N.C7H14O.C6H13N.7C2H6/c1-9(2)10-7-11(8-10)3-5-12-6-4-11;1-7(2)8-3-5-9-6-4-8;1-7(2)8-4-3-5-9-6-8;1-7(2)8-3-5-9-6-4-8;1-6(2)7-3-4-8-5-7;1-6(2)7-4-3-5-8-7;1-5(2)6-3-7-4-6;7*1-2/h9-10,12H,3-8H2,1-2H3;2*7-9H,3-6H2,1-2H3;7-8H,3-6H2,1-2H3;6-8H,3-5H2,1-2H3;6-7H,3-5H2,1-2H3;5-7H,3-4H2,1-2H3;7*1-2H3. The number of nitrogens with one attached hydrogen (secondary N) is 5. The molecule has 7 heteroatoms. The summed E-state index contributed by atoms with van der Waals surface area (Å²) in [6.45, 7) is 75.7. The third-order valence-corrected chi connectivity index (χ3v) is 16.3. The van der Waals surface area contributed by atoms with Crippen molar-refractivity contribution >= 4 is 0 Å². The number of piperidine rings is 3. The molecule has 7 saturated heterocycles. The number of hydrogen-bond acceptors (Lipinski definition) is 7. The van der Waals surface area contributed by atoms with Gasteiger partial charge in [0.1, 0.15) is 0 Å². The summed E-state index contributed by atoms with van der Waals surface area (Å²) in [5, 5.41) is 16.8. The summed E-state index contributed by atoms with van der Waals surface area (Å²) in [6.07, 6.45) is 18.6. The lowest BCUT2D eigenvalue weighted by Gasteiger charge is -2.52. The van der Waals surface area contributed by atoms with Crippen LogP contribution in [-0.4, -0.2) is 91.4 Å². The second-order valence-electron chi connectivity index (χ2n) is 23.5. The molecule has 7 nitrogen and oxygen atoms in total. The van der Waals surface area contributed by atoms with Crippen molar-refractivity contribution in [3.8, 4) is 0 Å². The van der Waals surface area contributed by atoms with Gasteiger partial charge in [-0.25, -0.2) is 0 Å². The van der Waals surface area contributed by atoms with Gasteiger partial charge < -0.3 is 36.1 Å². The maximum Gasteiger partial charge on any atom is 0.0598 e. The molecule has 3 unspecified atom stereocenters. The number of ether oxygens (including phenoxy) is 2. The summed E-state index contributed by atoms with van der Waals surface area (Å²) >= 11 is 0. The predicted octanol–water partition coefficient (Wildman–Crippen LogP) is 18.9. The van der Waals surface area contributed by atoms with Crippen molar-refractivity contribution in [1.82, 2.24) is 26.6 Å². The van der Waals surface area contributed by atoms with Crippen LogP contribution in [0.25, 0.3) is 0 Å². The van der Waals surface area contributed by atoms with Crippen molar-refractivity contribution in [2.75, 3.05) is 85.3 Å².